The van der Waals surface area contributed by atoms with Crippen LogP contribution in [0.1, 0.15) is 25.3 Å². The molecule has 1 N–H and O–H groups in total. The summed E-state index contributed by atoms with van der Waals surface area (Å²) in [7, 11) is 1.81. The lowest BCUT2D eigenvalue weighted by molar-refractivity contribution is 0.207. The number of benzene rings is 1. The Morgan fingerprint density at radius 3 is 2.59 bits per heavy atom. The van der Waals surface area contributed by atoms with Crippen LogP contribution in [-0.4, -0.2) is 24.5 Å². The SMILES string of the molecule is CCCCNC(=O)N(C)Cc1ccc(Br)cc1. The number of carbonyl (C=O) groups is 1. The number of rotatable bonds is 5. The predicted molar refractivity (Wildman–Crippen MR) is 73.9 cm³/mol. The summed E-state index contributed by atoms with van der Waals surface area (Å²) in [6.07, 6.45) is 2.12. The molecule has 94 valence electrons. The molecular formula is C13H19BrN2O. The Kier molecular flexibility index (Phi) is 6.05. The molecule has 0 aliphatic heterocycles. The summed E-state index contributed by atoms with van der Waals surface area (Å²) < 4.78 is 1.05. The van der Waals surface area contributed by atoms with E-state index in [4.69, 9.17) is 0 Å². The Morgan fingerprint density at radius 1 is 1.35 bits per heavy atom. The lowest BCUT2D eigenvalue weighted by Crippen LogP contribution is -2.37. The Hall–Kier alpha value is -1.03. The number of hydrogen-bond donors (Lipinski definition) is 1. The molecule has 0 unspecified atom stereocenters. The molecule has 0 saturated heterocycles. The fourth-order valence-corrected chi connectivity index (χ4v) is 1.71. The highest BCUT2D eigenvalue weighted by molar-refractivity contribution is 9.10. The molecule has 0 radical (unpaired) electrons. The normalized spacial score (nSPS) is 10.1. The number of hydrogen-bond acceptors (Lipinski definition) is 1. The second-order valence-electron chi connectivity index (χ2n) is 4.07. The third-order valence-electron chi connectivity index (χ3n) is 2.49. The summed E-state index contributed by atoms with van der Waals surface area (Å²) in [4.78, 5) is 13.4. The van der Waals surface area contributed by atoms with Crippen molar-refractivity contribution in [3.05, 3.63) is 34.3 Å². The first-order valence-corrected chi connectivity index (χ1v) is 6.66. The summed E-state index contributed by atoms with van der Waals surface area (Å²) in [5, 5.41) is 2.89. The minimum Gasteiger partial charge on any atom is -0.338 e. The number of amides is 2. The van der Waals surface area contributed by atoms with Gasteiger partial charge in [-0.15, -0.1) is 0 Å². The third-order valence-corrected chi connectivity index (χ3v) is 3.01. The van der Waals surface area contributed by atoms with Crippen molar-refractivity contribution >= 4 is 22.0 Å². The zero-order valence-electron chi connectivity index (χ0n) is 10.4. The smallest absolute Gasteiger partial charge is 0.317 e. The van der Waals surface area contributed by atoms with E-state index in [1.165, 1.54) is 0 Å². The number of nitrogens with zero attached hydrogens (tertiary/aromatic N) is 1. The summed E-state index contributed by atoms with van der Waals surface area (Å²) in [5.41, 5.74) is 1.13. The van der Waals surface area contributed by atoms with E-state index in [-0.39, 0.29) is 6.03 Å². The molecule has 0 fully saturated rings. The van der Waals surface area contributed by atoms with Gasteiger partial charge in [-0.1, -0.05) is 41.4 Å². The number of halogens is 1. The first kappa shape index (κ1) is 14.0. The fraction of sp³-hybridized carbons (Fsp3) is 0.462. The summed E-state index contributed by atoms with van der Waals surface area (Å²) in [6, 6.07) is 7.98. The molecule has 0 heterocycles. The minimum absolute atomic E-state index is 0.0126. The highest BCUT2D eigenvalue weighted by atomic mass is 79.9. The lowest BCUT2D eigenvalue weighted by Gasteiger charge is -2.18. The van der Waals surface area contributed by atoms with Crippen LogP contribution < -0.4 is 5.32 Å². The maximum Gasteiger partial charge on any atom is 0.317 e. The van der Waals surface area contributed by atoms with Gasteiger partial charge in [-0.3, -0.25) is 0 Å². The second kappa shape index (κ2) is 7.33. The van der Waals surface area contributed by atoms with Crippen molar-refractivity contribution in [1.82, 2.24) is 10.2 Å². The summed E-state index contributed by atoms with van der Waals surface area (Å²) in [6.45, 7) is 3.49. The molecule has 4 heteroatoms. The van der Waals surface area contributed by atoms with Crippen LogP contribution in [0.25, 0.3) is 0 Å². The largest absolute Gasteiger partial charge is 0.338 e. The number of carbonyl (C=O) groups excluding carboxylic acids is 1. The van der Waals surface area contributed by atoms with E-state index in [9.17, 15) is 4.79 Å². The molecular weight excluding hydrogens is 280 g/mol. The van der Waals surface area contributed by atoms with E-state index < -0.39 is 0 Å². The standard InChI is InChI=1S/C13H19BrN2O/c1-3-4-9-15-13(17)16(2)10-11-5-7-12(14)8-6-11/h5-8H,3-4,9-10H2,1-2H3,(H,15,17). The van der Waals surface area contributed by atoms with Crippen molar-refractivity contribution in [2.45, 2.75) is 26.3 Å². The van der Waals surface area contributed by atoms with Gasteiger partial charge in [0, 0.05) is 24.6 Å². The molecule has 0 bridgehead atoms. The molecule has 17 heavy (non-hydrogen) atoms. The van der Waals surface area contributed by atoms with Crippen molar-refractivity contribution in [3.8, 4) is 0 Å². The number of urea groups is 1. The Morgan fingerprint density at radius 2 is 2.00 bits per heavy atom. The van der Waals surface area contributed by atoms with Crippen LogP contribution in [-0.2, 0) is 6.54 Å². The van der Waals surface area contributed by atoms with Gasteiger partial charge in [-0.2, -0.15) is 0 Å². The van der Waals surface area contributed by atoms with E-state index in [1.807, 2.05) is 31.3 Å². The van der Waals surface area contributed by atoms with Gasteiger partial charge in [0.25, 0.3) is 0 Å². The molecule has 2 amide bonds. The van der Waals surface area contributed by atoms with Crippen LogP contribution in [0.15, 0.2) is 28.7 Å². The molecule has 0 aliphatic rings. The van der Waals surface area contributed by atoms with E-state index in [1.54, 1.807) is 4.90 Å². The van der Waals surface area contributed by atoms with Crippen molar-refractivity contribution in [3.63, 3.8) is 0 Å². The second-order valence-corrected chi connectivity index (χ2v) is 4.98. The monoisotopic (exact) mass is 298 g/mol. The molecule has 0 atom stereocenters. The molecule has 1 aromatic rings. The van der Waals surface area contributed by atoms with E-state index >= 15 is 0 Å². The zero-order chi connectivity index (χ0) is 12.7. The minimum atomic E-state index is -0.0126. The van der Waals surface area contributed by atoms with Crippen LogP contribution in [0.5, 0.6) is 0 Å². The van der Waals surface area contributed by atoms with Gasteiger partial charge < -0.3 is 10.2 Å². The van der Waals surface area contributed by atoms with Crippen LogP contribution in [0.3, 0.4) is 0 Å². The Balaban J connectivity index is 2.40. The summed E-state index contributed by atoms with van der Waals surface area (Å²) >= 11 is 3.39. The third kappa shape index (κ3) is 5.22. The van der Waals surface area contributed by atoms with Crippen LogP contribution in [0.2, 0.25) is 0 Å². The van der Waals surface area contributed by atoms with Gasteiger partial charge in [-0.05, 0) is 24.1 Å². The number of unbranched alkanes of at least 4 members (excludes halogenated alkanes) is 1. The van der Waals surface area contributed by atoms with E-state index in [0.29, 0.717) is 6.54 Å². The highest BCUT2D eigenvalue weighted by Crippen LogP contribution is 2.11. The first-order chi connectivity index (χ1) is 8.13. The van der Waals surface area contributed by atoms with Crippen molar-refractivity contribution in [2.75, 3.05) is 13.6 Å². The van der Waals surface area contributed by atoms with Gasteiger partial charge in [0.15, 0.2) is 0 Å². The van der Waals surface area contributed by atoms with E-state index in [0.717, 1.165) is 29.4 Å². The fourth-order valence-electron chi connectivity index (χ4n) is 1.44. The van der Waals surface area contributed by atoms with Crippen LogP contribution in [0, 0.1) is 0 Å². The maximum atomic E-state index is 11.7. The average molecular weight is 299 g/mol. The topological polar surface area (TPSA) is 32.3 Å². The van der Waals surface area contributed by atoms with Gasteiger partial charge in [0.1, 0.15) is 0 Å². The molecule has 0 aliphatic carbocycles. The highest BCUT2D eigenvalue weighted by Gasteiger charge is 2.07. The van der Waals surface area contributed by atoms with Gasteiger partial charge in [0.2, 0.25) is 0 Å². The van der Waals surface area contributed by atoms with E-state index in [2.05, 4.69) is 28.2 Å². The quantitative estimate of drug-likeness (QED) is 0.830. The van der Waals surface area contributed by atoms with Crippen LogP contribution in [0.4, 0.5) is 4.79 Å². The molecule has 0 spiro atoms. The molecule has 1 rings (SSSR count). The molecule has 0 saturated carbocycles. The predicted octanol–water partition coefficient (Wildman–Crippen LogP) is 3.39. The zero-order valence-corrected chi connectivity index (χ0v) is 12.0. The Labute approximate surface area is 111 Å². The van der Waals surface area contributed by atoms with Crippen molar-refractivity contribution in [2.24, 2.45) is 0 Å². The van der Waals surface area contributed by atoms with Gasteiger partial charge in [-0.25, -0.2) is 4.79 Å². The molecule has 1 aromatic carbocycles. The first-order valence-electron chi connectivity index (χ1n) is 5.87. The van der Waals surface area contributed by atoms with Gasteiger partial charge in [0.05, 0.1) is 0 Å². The summed E-state index contributed by atoms with van der Waals surface area (Å²) in [5.74, 6) is 0. The number of nitrogens with one attached hydrogen (secondary N) is 1. The van der Waals surface area contributed by atoms with Crippen molar-refractivity contribution in [1.29, 1.82) is 0 Å². The van der Waals surface area contributed by atoms with Crippen molar-refractivity contribution < 1.29 is 4.79 Å². The van der Waals surface area contributed by atoms with Gasteiger partial charge >= 0.3 is 6.03 Å². The van der Waals surface area contributed by atoms with Crippen LogP contribution >= 0.6 is 15.9 Å². The average Bonchev–Trinajstić information content (AvgIpc) is 2.32. The molecule has 0 aromatic heterocycles. The maximum absolute atomic E-state index is 11.7. The molecule has 3 nitrogen and oxygen atoms in total. The Bertz CT molecular complexity index is 351. The lowest BCUT2D eigenvalue weighted by atomic mass is 10.2.